The Bertz CT molecular complexity index is 2260. The number of aromatic nitrogens is 2. The highest BCUT2D eigenvalue weighted by atomic mass is 35.5. The van der Waals surface area contributed by atoms with E-state index in [-0.39, 0.29) is 42.1 Å². The molecule has 4 N–H and O–H groups in total. The van der Waals surface area contributed by atoms with E-state index in [1.165, 1.54) is 20.2 Å². The number of fused-ring (bicyclic) bond motifs is 4. The fourth-order valence-electron chi connectivity index (χ4n) is 8.11. The number of hydrogen-bond acceptors (Lipinski definition) is 10. The van der Waals surface area contributed by atoms with E-state index in [1.807, 2.05) is 12.1 Å². The van der Waals surface area contributed by atoms with Gasteiger partial charge >= 0.3 is 0 Å². The monoisotopic (exact) mass is 914 g/mol. The molecule has 11 nitrogen and oxygen atoms in total. The van der Waals surface area contributed by atoms with Crippen molar-refractivity contribution >= 4 is 126 Å². The van der Waals surface area contributed by atoms with Crippen LogP contribution < -0.4 is 20.4 Å². The van der Waals surface area contributed by atoms with Gasteiger partial charge in [0.2, 0.25) is 11.8 Å². The molecule has 4 aromatic carbocycles. The average Bonchev–Trinajstić information content (AvgIpc) is 4.01. The lowest BCUT2D eigenvalue weighted by Crippen LogP contribution is -2.47. The molecule has 0 unspecified atom stereocenters. The van der Waals surface area contributed by atoms with Crippen molar-refractivity contribution in [3.63, 3.8) is 0 Å². The van der Waals surface area contributed by atoms with Crippen LogP contribution in [-0.4, -0.2) is 101 Å². The molecule has 2 amide bonds. The maximum atomic E-state index is 11.6. The smallest absolute Gasteiger partial charge is 0.228 e. The molecule has 0 aliphatic carbocycles. The van der Waals surface area contributed by atoms with Crippen LogP contribution in [0.25, 0.3) is 20.2 Å². The van der Waals surface area contributed by atoms with Gasteiger partial charge in [-0.1, -0.05) is 59.6 Å². The maximum Gasteiger partial charge on any atom is 0.228 e. The normalized spacial score (nSPS) is 16.3. The molecule has 0 atom stereocenters. The third-order valence-electron chi connectivity index (χ3n) is 11.2. The number of carbonyl (C=O) groups excluding carboxylic acids is 2. The third-order valence-corrected chi connectivity index (χ3v) is 13.6. The van der Waals surface area contributed by atoms with E-state index in [0.717, 1.165) is 134 Å². The highest BCUT2D eigenvalue weighted by Crippen LogP contribution is 2.34. The summed E-state index contributed by atoms with van der Waals surface area (Å²) in [4.78, 5) is 32.9. The Kier molecular flexibility index (Phi) is 15.0. The van der Waals surface area contributed by atoms with Gasteiger partial charge in [0.15, 0.2) is 0 Å². The number of benzene rings is 4. The van der Waals surface area contributed by atoms with E-state index < -0.39 is 0 Å². The average molecular weight is 917 g/mol. The summed E-state index contributed by atoms with van der Waals surface area (Å²) in [6.07, 6.45) is 2.72. The van der Waals surface area contributed by atoms with Crippen molar-refractivity contribution in [1.29, 1.82) is 0 Å². The van der Waals surface area contributed by atoms with E-state index in [1.54, 1.807) is 23.1 Å². The molecule has 0 bridgehead atoms. The third kappa shape index (κ3) is 9.91. The van der Waals surface area contributed by atoms with E-state index >= 15 is 0 Å². The van der Waals surface area contributed by atoms with Crippen molar-refractivity contribution in [2.24, 2.45) is 0 Å². The highest BCUT2D eigenvalue weighted by molar-refractivity contribution is 7.14. The summed E-state index contributed by atoms with van der Waals surface area (Å²) in [6.45, 7) is 10.0. The summed E-state index contributed by atoms with van der Waals surface area (Å²) in [5, 5.41) is 9.72. The van der Waals surface area contributed by atoms with Crippen molar-refractivity contribution in [2.75, 3.05) is 85.9 Å². The molecule has 0 saturated carbocycles. The molecule has 312 valence electrons. The van der Waals surface area contributed by atoms with E-state index in [0.29, 0.717) is 12.8 Å². The van der Waals surface area contributed by atoms with Crippen LogP contribution in [0.3, 0.4) is 0 Å². The van der Waals surface area contributed by atoms with Gasteiger partial charge in [-0.25, -0.2) is 0 Å². The first kappa shape index (κ1) is 44.8. The molecule has 6 heterocycles. The quantitative estimate of drug-likeness (QED) is 0.160. The molecule has 0 radical (unpaired) electrons. The largest absolute Gasteiger partial charge is 0.412 e. The summed E-state index contributed by atoms with van der Waals surface area (Å²) < 4.78 is 11.9. The van der Waals surface area contributed by atoms with Gasteiger partial charge in [0, 0.05) is 97.6 Å². The van der Waals surface area contributed by atoms with Crippen LogP contribution in [0.1, 0.15) is 22.3 Å². The predicted molar refractivity (Wildman–Crippen MR) is 250 cm³/mol. The number of anilines is 4. The zero-order chi connectivity index (χ0) is 38.2. The van der Waals surface area contributed by atoms with Gasteiger partial charge in [-0.15, -0.1) is 24.8 Å². The first-order valence-electron chi connectivity index (χ1n) is 19.2. The van der Waals surface area contributed by atoms with Gasteiger partial charge in [-0.3, -0.25) is 19.4 Å². The van der Waals surface area contributed by atoms with Crippen molar-refractivity contribution in [1.82, 2.24) is 18.5 Å². The molecule has 17 heteroatoms. The maximum absolute atomic E-state index is 11.6. The van der Waals surface area contributed by atoms with Crippen molar-refractivity contribution < 1.29 is 15.1 Å². The minimum Gasteiger partial charge on any atom is -0.412 e. The van der Waals surface area contributed by atoms with Gasteiger partial charge in [-0.2, -0.15) is 8.75 Å². The number of carbonyl (C=O) groups is 2. The van der Waals surface area contributed by atoms with Gasteiger partial charge in [0.1, 0.15) is 11.6 Å². The SMILES string of the molecule is Cl.Cl.O.O=C1Cc2cc(CCN3CCN(c4nsc5ccccc45)CC3)c(Cl)cc2N1.O=C1Cc2cc(CCN3CCN(c4nsc5ccccc45)CC3)c(Cl)cc2N1. The molecular weight excluding hydrogens is 870 g/mol. The van der Waals surface area contributed by atoms with Gasteiger partial charge < -0.3 is 25.9 Å². The second-order valence-corrected chi connectivity index (χ2v) is 17.2. The summed E-state index contributed by atoms with van der Waals surface area (Å²) in [5.41, 5.74) is 6.11. The molecule has 59 heavy (non-hydrogen) atoms. The zero-order valence-corrected chi connectivity index (χ0v) is 37.0. The first-order chi connectivity index (χ1) is 27.3. The Morgan fingerprint density at radius 3 is 1.37 bits per heavy atom. The Hall–Kier alpha value is -3.76. The Labute approximate surface area is 374 Å². The van der Waals surface area contributed by atoms with Crippen molar-refractivity contribution in [3.8, 4) is 0 Å². The molecule has 6 aromatic rings. The topological polar surface area (TPSA) is 128 Å². The van der Waals surface area contributed by atoms with Crippen LogP contribution in [0, 0.1) is 0 Å². The zero-order valence-electron chi connectivity index (χ0n) is 32.2. The number of rotatable bonds is 8. The molecular formula is C42H46Cl4N8O3S2. The predicted octanol–water partition coefficient (Wildman–Crippen LogP) is 7.64. The van der Waals surface area contributed by atoms with E-state index in [2.05, 4.69) is 99.6 Å². The Morgan fingerprint density at radius 1 is 0.576 bits per heavy atom. The lowest BCUT2D eigenvalue weighted by molar-refractivity contribution is -0.115. The minimum absolute atomic E-state index is 0. The molecule has 2 fully saturated rings. The highest BCUT2D eigenvalue weighted by Gasteiger charge is 2.25. The van der Waals surface area contributed by atoms with Crippen LogP contribution in [0.5, 0.6) is 0 Å². The van der Waals surface area contributed by atoms with Crippen LogP contribution in [0.2, 0.25) is 10.0 Å². The fraction of sp³-hybridized carbons (Fsp3) is 0.333. The fourth-order valence-corrected chi connectivity index (χ4v) is 10.2. The Morgan fingerprint density at radius 2 is 0.966 bits per heavy atom. The van der Waals surface area contributed by atoms with Crippen LogP contribution >= 0.6 is 71.1 Å². The molecule has 10 rings (SSSR count). The number of amides is 2. The number of nitrogens with zero attached hydrogens (tertiary/aromatic N) is 6. The van der Waals surface area contributed by atoms with Crippen LogP contribution in [0.4, 0.5) is 23.0 Å². The number of halogens is 4. The van der Waals surface area contributed by atoms with E-state index in [9.17, 15) is 9.59 Å². The van der Waals surface area contributed by atoms with Crippen LogP contribution in [0.15, 0.2) is 72.8 Å². The van der Waals surface area contributed by atoms with Gasteiger partial charge in [-0.05, 0) is 94.6 Å². The second kappa shape index (κ2) is 19.7. The van der Waals surface area contributed by atoms with Crippen molar-refractivity contribution in [2.45, 2.75) is 25.7 Å². The van der Waals surface area contributed by atoms with Crippen LogP contribution in [-0.2, 0) is 35.3 Å². The second-order valence-electron chi connectivity index (χ2n) is 14.8. The summed E-state index contributed by atoms with van der Waals surface area (Å²) in [5.74, 6) is 2.35. The first-order valence-corrected chi connectivity index (χ1v) is 21.5. The number of nitrogens with one attached hydrogen (secondary N) is 2. The Balaban J connectivity index is 0.000000189. The van der Waals surface area contributed by atoms with E-state index in [4.69, 9.17) is 23.2 Å². The summed E-state index contributed by atoms with van der Waals surface area (Å²) >= 11 is 16.0. The lowest BCUT2D eigenvalue weighted by Gasteiger charge is -2.35. The molecule has 4 aliphatic heterocycles. The minimum atomic E-state index is 0. The number of piperazine rings is 2. The van der Waals surface area contributed by atoms with Gasteiger partial charge in [0.05, 0.1) is 22.2 Å². The van der Waals surface area contributed by atoms with Gasteiger partial charge in [0.25, 0.3) is 0 Å². The lowest BCUT2D eigenvalue weighted by atomic mass is 10.1. The van der Waals surface area contributed by atoms with Crippen molar-refractivity contribution in [3.05, 3.63) is 105 Å². The summed E-state index contributed by atoms with van der Waals surface area (Å²) in [7, 11) is 0. The summed E-state index contributed by atoms with van der Waals surface area (Å²) in [6, 6.07) is 24.9. The molecule has 4 aliphatic rings. The molecule has 2 saturated heterocycles. The standard InChI is InChI=1S/2C21H21ClN4OS.2ClH.H2O/c2*22-17-13-18-15(12-20(27)23-18)11-14(17)5-6-25-7-9-26(10-8-25)21-16-3-1-2-4-19(16)28-24-21;;;/h2*1-4,11,13H,5-10,12H2,(H,23,27);2*1H;1H2. The number of hydrogen-bond donors (Lipinski definition) is 2. The molecule has 0 spiro atoms. The molecule has 2 aromatic heterocycles.